The van der Waals surface area contributed by atoms with Crippen molar-refractivity contribution in [2.24, 2.45) is 17.6 Å². The minimum atomic E-state index is -0.478. The third-order valence-corrected chi connectivity index (χ3v) is 7.81. The maximum Gasteiger partial charge on any atom is 0.267 e. The van der Waals surface area contributed by atoms with Crippen LogP contribution >= 0.6 is 12.4 Å². The van der Waals surface area contributed by atoms with Crippen molar-refractivity contribution >= 4 is 18.3 Å². The third kappa shape index (κ3) is 3.48. The van der Waals surface area contributed by atoms with Crippen LogP contribution in [0.15, 0.2) is 18.3 Å². The van der Waals surface area contributed by atoms with Gasteiger partial charge in [-0.2, -0.15) is 0 Å². The largest absolute Gasteiger partial charge is 0.375 e. The lowest BCUT2D eigenvalue weighted by Gasteiger charge is -2.57. The van der Waals surface area contributed by atoms with Crippen molar-refractivity contribution in [3.8, 4) is 0 Å². The van der Waals surface area contributed by atoms with Gasteiger partial charge in [0.2, 0.25) is 0 Å². The number of pyridine rings is 1. The maximum absolute atomic E-state index is 11.7. The first-order valence-electron chi connectivity index (χ1n) is 10.8. The Morgan fingerprint density at radius 1 is 1.21 bits per heavy atom. The SMILES string of the molecule is COC1(c2ccnc(C(N)=O)c2)[C@@H]2CCC[C@H]1CN(C1C[C@H]3CC[C@@H](C1)O3)C2.Cl. The molecule has 6 nitrogen and oxygen atoms in total. The third-order valence-electron chi connectivity index (χ3n) is 7.81. The first kappa shape index (κ1) is 21.0. The number of carbonyl (C=O) groups is 1. The van der Waals surface area contributed by atoms with Gasteiger partial charge in [-0.3, -0.25) is 14.7 Å². The maximum atomic E-state index is 11.7. The molecule has 1 amide bonds. The van der Waals surface area contributed by atoms with Crippen molar-refractivity contribution < 1.29 is 14.3 Å². The highest BCUT2D eigenvalue weighted by atomic mass is 35.5. The lowest BCUT2D eigenvalue weighted by atomic mass is 9.62. The Morgan fingerprint density at radius 3 is 2.45 bits per heavy atom. The summed E-state index contributed by atoms with van der Waals surface area (Å²) in [5, 5.41) is 0. The van der Waals surface area contributed by atoms with E-state index in [1.165, 1.54) is 32.1 Å². The number of piperidine rings is 1. The lowest BCUT2D eigenvalue weighted by Crippen LogP contribution is -2.61. The molecule has 1 aliphatic carbocycles. The van der Waals surface area contributed by atoms with Crippen molar-refractivity contribution in [1.82, 2.24) is 9.88 Å². The highest BCUT2D eigenvalue weighted by molar-refractivity contribution is 5.90. The molecule has 6 atom stereocenters. The zero-order valence-corrected chi connectivity index (χ0v) is 17.9. The Hall–Kier alpha value is -1.21. The topological polar surface area (TPSA) is 77.7 Å². The molecule has 7 heteroatoms. The molecule has 4 bridgehead atoms. The zero-order valence-electron chi connectivity index (χ0n) is 17.1. The molecule has 5 rings (SSSR count). The summed E-state index contributed by atoms with van der Waals surface area (Å²) in [6.45, 7) is 2.12. The van der Waals surface area contributed by atoms with E-state index < -0.39 is 5.91 Å². The second-order valence-electron chi connectivity index (χ2n) is 9.15. The number of likely N-dealkylation sites (tertiary alicyclic amines) is 1. The molecule has 1 aromatic heterocycles. The van der Waals surface area contributed by atoms with Crippen LogP contribution in [-0.2, 0) is 15.1 Å². The van der Waals surface area contributed by atoms with E-state index in [1.807, 2.05) is 19.2 Å². The molecule has 3 aliphatic heterocycles. The van der Waals surface area contributed by atoms with Gasteiger partial charge in [-0.05, 0) is 56.2 Å². The number of nitrogens with two attached hydrogens (primary N) is 1. The van der Waals surface area contributed by atoms with Gasteiger partial charge in [-0.15, -0.1) is 12.4 Å². The first-order valence-corrected chi connectivity index (χ1v) is 10.8. The van der Waals surface area contributed by atoms with Crippen LogP contribution in [0.1, 0.15) is 61.0 Å². The van der Waals surface area contributed by atoms with Gasteiger partial charge in [-0.1, -0.05) is 6.42 Å². The first-order chi connectivity index (χ1) is 13.6. The summed E-state index contributed by atoms with van der Waals surface area (Å²) in [5.41, 5.74) is 6.56. The van der Waals surface area contributed by atoms with Crippen LogP contribution in [0.3, 0.4) is 0 Å². The second kappa shape index (κ2) is 8.14. The van der Waals surface area contributed by atoms with Crippen molar-refractivity contribution in [2.75, 3.05) is 20.2 Å². The number of fused-ring (bicyclic) bond motifs is 4. The summed E-state index contributed by atoms with van der Waals surface area (Å²) in [4.78, 5) is 18.6. The van der Waals surface area contributed by atoms with Gasteiger partial charge in [0, 0.05) is 44.3 Å². The van der Waals surface area contributed by atoms with Crippen molar-refractivity contribution in [3.63, 3.8) is 0 Å². The van der Waals surface area contributed by atoms with Crippen molar-refractivity contribution in [3.05, 3.63) is 29.6 Å². The average Bonchev–Trinajstić information content (AvgIpc) is 3.04. The lowest BCUT2D eigenvalue weighted by molar-refractivity contribution is -0.180. The smallest absolute Gasteiger partial charge is 0.267 e. The molecule has 4 heterocycles. The van der Waals surface area contributed by atoms with Crippen LogP contribution in [0.2, 0.25) is 0 Å². The standard InChI is InChI=1S/C22H31N3O3.ClH/c1-27-22(14-7-8-24-20(9-14)21(23)26)15-3-2-4-16(22)13-25(12-15)17-10-18-5-6-19(11-17)28-18;/h7-9,15-19H,2-6,10-13H2,1H3,(H2,23,26);1H/t15-,16+,17?,18-,19+,22?;. The number of nitrogens with zero attached hydrogens (tertiary/aromatic N) is 2. The number of amides is 1. The zero-order chi connectivity index (χ0) is 19.3. The fraction of sp³-hybridized carbons (Fsp3) is 0.727. The van der Waals surface area contributed by atoms with E-state index in [2.05, 4.69) is 9.88 Å². The van der Waals surface area contributed by atoms with Gasteiger partial charge in [-0.25, -0.2) is 0 Å². The van der Waals surface area contributed by atoms with E-state index in [0.717, 1.165) is 31.5 Å². The highest BCUT2D eigenvalue weighted by Crippen LogP contribution is 2.52. The van der Waals surface area contributed by atoms with E-state index >= 15 is 0 Å². The highest BCUT2D eigenvalue weighted by Gasteiger charge is 2.54. The summed E-state index contributed by atoms with van der Waals surface area (Å²) in [6.07, 6.45) is 11.0. The molecule has 0 radical (unpaired) electrons. The quantitative estimate of drug-likeness (QED) is 0.808. The molecule has 3 saturated heterocycles. The Bertz CT molecular complexity index is 735. The molecular weight excluding hydrogens is 390 g/mol. The number of carbonyl (C=O) groups excluding carboxylic acids is 1. The van der Waals surface area contributed by atoms with Crippen LogP contribution in [0.25, 0.3) is 0 Å². The predicted octanol–water partition coefficient (Wildman–Crippen LogP) is 2.89. The number of methoxy groups -OCH3 is 1. The number of primary amides is 1. The van der Waals surface area contributed by atoms with Crippen LogP contribution in [0.4, 0.5) is 0 Å². The van der Waals surface area contributed by atoms with E-state index in [-0.39, 0.29) is 18.0 Å². The Balaban J connectivity index is 0.00000205. The number of hydrogen-bond donors (Lipinski definition) is 1. The summed E-state index contributed by atoms with van der Waals surface area (Å²) >= 11 is 0. The van der Waals surface area contributed by atoms with Gasteiger partial charge in [0.05, 0.1) is 12.2 Å². The summed E-state index contributed by atoms with van der Waals surface area (Å²) in [6, 6.07) is 4.52. The molecule has 0 aromatic carbocycles. The van der Waals surface area contributed by atoms with Gasteiger partial charge in [0.15, 0.2) is 0 Å². The van der Waals surface area contributed by atoms with E-state index in [4.69, 9.17) is 15.2 Å². The van der Waals surface area contributed by atoms with E-state index in [0.29, 0.717) is 35.8 Å². The molecule has 1 saturated carbocycles. The molecule has 160 valence electrons. The van der Waals surface area contributed by atoms with Crippen molar-refractivity contribution in [2.45, 2.75) is 68.8 Å². The van der Waals surface area contributed by atoms with E-state index in [9.17, 15) is 4.79 Å². The van der Waals surface area contributed by atoms with Crippen molar-refractivity contribution in [1.29, 1.82) is 0 Å². The summed E-state index contributed by atoms with van der Waals surface area (Å²) in [5.74, 6) is 0.371. The van der Waals surface area contributed by atoms with Gasteiger partial charge < -0.3 is 15.2 Å². The molecule has 4 aliphatic rings. The molecule has 4 fully saturated rings. The molecule has 1 aromatic rings. The van der Waals surface area contributed by atoms with E-state index in [1.54, 1.807) is 6.20 Å². The molecule has 2 N–H and O–H groups in total. The molecule has 29 heavy (non-hydrogen) atoms. The fourth-order valence-electron chi connectivity index (χ4n) is 6.62. The van der Waals surface area contributed by atoms with Crippen LogP contribution in [0, 0.1) is 11.8 Å². The molecule has 0 spiro atoms. The minimum absolute atomic E-state index is 0. The number of rotatable bonds is 4. The molecule has 2 unspecified atom stereocenters. The summed E-state index contributed by atoms with van der Waals surface area (Å²) < 4.78 is 12.4. The molecular formula is C22H32ClN3O3. The Morgan fingerprint density at radius 2 is 1.86 bits per heavy atom. The van der Waals surface area contributed by atoms with Crippen LogP contribution in [0.5, 0.6) is 0 Å². The Labute approximate surface area is 178 Å². The minimum Gasteiger partial charge on any atom is -0.375 e. The van der Waals surface area contributed by atoms with Gasteiger partial charge >= 0.3 is 0 Å². The number of ether oxygens (including phenoxy) is 2. The monoisotopic (exact) mass is 421 g/mol. The number of halogens is 1. The van der Waals surface area contributed by atoms with Gasteiger partial charge in [0.25, 0.3) is 5.91 Å². The van der Waals surface area contributed by atoms with Crippen LogP contribution < -0.4 is 5.73 Å². The van der Waals surface area contributed by atoms with Gasteiger partial charge in [0.1, 0.15) is 11.3 Å². The average molecular weight is 422 g/mol. The number of hydrogen-bond acceptors (Lipinski definition) is 5. The fourth-order valence-corrected chi connectivity index (χ4v) is 6.62. The van der Waals surface area contributed by atoms with Crippen LogP contribution in [-0.4, -0.2) is 54.2 Å². The number of aromatic nitrogens is 1. The predicted molar refractivity (Wildman–Crippen MR) is 112 cm³/mol. The second-order valence-corrected chi connectivity index (χ2v) is 9.15. The summed E-state index contributed by atoms with van der Waals surface area (Å²) in [7, 11) is 1.83. The normalized spacial score (nSPS) is 39.0. The Kier molecular flexibility index (Phi) is 5.90.